The van der Waals surface area contributed by atoms with Gasteiger partial charge in [-0.25, -0.2) is 14.5 Å². The van der Waals surface area contributed by atoms with Crippen LogP contribution >= 0.6 is 0 Å². The fourth-order valence-corrected chi connectivity index (χ4v) is 4.51. The van der Waals surface area contributed by atoms with Crippen molar-refractivity contribution in [3.8, 4) is 5.75 Å². The lowest BCUT2D eigenvalue weighted by Gasteiger charge is -2.26. The van der Waals surface area contributed by atoms with Crippen molar-refractivity contribution in [3.05, 3.63) is 113 Å². The second-order valence-electron chi connectivity index (χ2n) is 9.20. The number of ether oxygens (including phenoxy) is 2. The summed E-state index contributed by atoms with van der Waals surface area (Å²) < 4.78 is 11.2. The molecule has 8 heteroatoms. The van der Waals surface area contributed by atoms with Crippen LogP contribution in [0.15, 0.2) is 90.5 Å². The molecular weight excluding hydrogens is 508 g/mol. The number of amides is 4. The summed E-state index contributed by atoms with van der Waals surface area (Å²) >= 11 is 0. The largest absolute Gasteiger partial charge is 0.488 e. The molecule has 0 saturated carbocycles. The number of carbonyl (C=O) groups excluding carboxylic acids is 4. The highest BCUT2D eigenvalue weighted by Gasteiger charge is 2.37. The Morgan fingerprint density at radius 3 is 2.45 bits per heavy atom. The van der Waals surface area contributed by atoms with Crippen LogP contribution in [0.1, 0.15) is 34.0 Å². The van der Waals surface area contributed by atoms with Crippen molar-refractivity contribution in [3.63, 3.8) is 0 Å². The molecule has 0 unspecified atom stereocenters. The molecule has 4 amide bonds. The Labute approximate surface area is 230 Å². The number of barbiturate groups is 1. The van der Waals surface area contributed by atoms with Gasteiger partial charge in [0, 0.05) is 5.56 Å². The Hall–Kier alpha value is -5.24. The standard InChI is InChI=1S/C32H26N2O6/c1-3-39-31(37)23-11-14-24(15-12-23)34-30(36)27(29(35)33-32(34)38)18-26-25-10-5-4-9-22(25)13-16-28(26)40-19-21-8-6-7-20(2)17-21/h4-18H,3,19H2,1-2H3,(H,33,35,38)/b27-18+. The number of anilines is 1. The number of benzene rings is 4. The first kappa shape index (κ1) is 26.4. The van der Waals surface area contributed by atoms with Crippen LogP contribution in [0.25, 0.3) is 16.8 Å². The molecule has 0 aromatic heterocycles. The van der Waals surface area contributed by atoms with Crippen molar-refractivity contribution < 1.29 is 28.7 Å². The molecule has 1 N–H and O–H groups in total. The van der Waals surface area contributed by atoms with E-state index in [1.165, 1.54) is 30.3 Å². The molecule has 0 radical (unpaired) electrons. The fraction of sp³-hybridized carbons (Fsp3) is 0.125. The SMILES string of the molecule is CCOC(=O)c1ccc(N2C(=O)NC(=O)/C(=C\c3c(OCc4cccc(C)c4)ccc4ccccc34)C2=O)cc1. The minimum Gasteiger partial charge on any atom is -0.488 e. The van der Waals surface area contributed by atoms with Crippen LogP contribution in [0, 0.1) is 6.92 Å². The molecular formula is C32H26N2O6. The number of urea groups is 1. The summed E-state index contributed by atoms with van der Waals surface area (Å²) in [5.74, 6) is -1.65. The lowest BCUT2D eigenvalue weighted by atomic mass is 9.99. The van der Waals surface area contributed by atoms with Gasteiger partial charge in [0.05, 0.1) is 17.9 Å². The van der Waals surface area contributed by atoms with E-state index in [2.05, 4.69) is 5.32 Å². The Balaban J connectivity index is 1.53. The van der Waals surface area contributed by atoms with Gasteiger partial charge in [0.2, 0.25) is 0 Å². The first-order valence-corrected chi connectivity index (χ1v) is 12.7. The number of carbonyl (C=O) groups is 4. The van der Waals surface area contributed by atoms with Crippen molar-refractivity contribution in [2.45, 2.75) is 20.5 Å². The van der Waals surface area contributed by atoms with E-state index in [1.54, 1.807) is 13.0 Å². The quantitative estimate of drug-likeness (QED) is 0.189. The van der Waals surface area contributed by atoms with Crippen molar-refractivity contribution in [1.29, 1.82) is 0 Å². The van der Waals surface area contributed by atoms with Gasteiger partial charge >= 0.3 is 12.0 Å². The lowest BCUT2D eigenvalue weighted by Crippen LogP contribution is -2.54. The Bertz CT molecular complexity index is 1670. The van der Waals surface area contributed by atoms with Gasteiger partial charge < -0.3 is 9.47 Å². The molecule has 200 valence electrons. The van der Waals surface area contributed by atoms with E-state index >= 15 is 0 Å². The Morgan fingerprint density at radius 1 is 0.925 bits per heavy atom. The maximum absolute atomic E-state index is 13.6. The summed E-state index contributed by atoms with van der Waals surface area (Å²) in [4.78, 5) is 52.1. The minimum atomic E-state index is -0.884. The van der Waals surface area contributed by atoms with Crippen LogP contribution in [0.3, 0.4) is 0 Å². The molecule has 1 saturated heterocycles. The smallest absolute Gasteiger partial charge is 0.338 e. The molecule has 1 aliphatic heterocycles. The van der Waals surface area contributed by atoms with Crippen molar-refractivity contribution in [1.82, 2.24) is 5.32 Å². The monoisotopic (exact) mass is 534 g/mol. The van der Waals surface area contributed by atoms with Gasteiger partial charge in [-0.1, -0.05) is 60.2 Å². The first-order chi connectivity index (χ1) is 19.4. The van der Waals surface area contributed by atoms with Gasteiger partial charge in [-0.15, -0.1) is 0 Å². The average molecular weight is 535 g/mol. The maximum atomic E-state index is 13.6. The predicted molar refractivity (Wildman–Crippen MR) is 151 cm³/mol. The molecule has 1 fully saturated rings. The summed E-state index contributed by atoms with van der Waals surface area (Å²) in [5.41, 5.74) is 2.85. The second-order valence-corrected chi connectivity index (χ2v) is 9.20. The summed E-state index contributed by atoms with van der Waals surface area (Å²) in [6.07, 6.45) is 1.46. The highest BCUT2D eigenvalue weighted by atomic mass is 16.5. The summed E-state index contributed by atoms with van der Waals surface area (Å²) in [7, 11) is 0. The molecule has 1 aliphatic rings. The molecule has 5 rings (SSSR count). The van der Waals surface area contributed by atoms with Crippen molar-refractivity contribution in [2.24, 2.45) is 0 Å². The van der Waals surface area contributed by atoms with Gasteiger partial charge in [-0.2, -0.15) is 0 Å². The van der Waals surface area contributed by atoms with Crippen LogP contribution in [-0.4, -0.2) is 30.4 Å². The third-order valence-corrected chi connectivity index (χ3v) is 6.43. The zero-order valence-electron chi connectivity index (χ0n) is 22.0. The van der Waals surface area contributed by atoms with E-state index in [4.69, 9.17) is 9.47 Å². The molecule has 1 heterocycles. The number of hydrogen-bond donors (Lipinski definition) is 1. The summed E-state index contributed by atoms with van der Waals surface area (Å²) in [6.45, 7) is 4.20. The average Bonchev–Trinajstić information content (AvgIpc) is 2.95. The zero-order chi connectivity index (χ0) is 28.2. The predicted octanol–water partition coefficient (Wildman–Crippen LogP) is 5.57. The van der Waals surface area contributed by atoms with Gasteiger partial charge in [0.1, 0.15) is 17.9 Å². The fourth-order valence-electron chi connectivity index (χ4n) is 4.51. The number of fused-ring (bicyclic) bond motifs is 1. The van der Waals surface area contributed by atoms with Crippen LogP contribution in [0.4, 0.5) is 10.5 Å². The van der Waals surface area contributed by atoms with E-state index < -0.39 is 23.8 Å². The third-order valence-electron chi connectivity index (χ3n) is 6.43. The number of nitrogens with zero attached hydrogens (tertiary/aromatic N) is 1. The van der Waals surface area contributed by atoms with E-state index in [1.807, 2.05) is 61.5 Å². The minimum absolute atomic E-state index is 0.197. The van der Waals surface area contributed by atoms with Gasteiger partial charge in [0.15, 0.2) is 0 Å². The van der Waals surface area contributed by atoms with Crippen molar-refractivity contribution >= 4 is 46.4 Å². The molecule has 40 heavy (non-hydrogen) atoms. The van der Waals surface area contributed by atoms with E-state index in [0.717, 1.165) is 26.8 Å². The normalized spacial score (nSPS) is 14.4. The second kappa shape index (κ2) is 11.2. The lowest BCUT2D eigenvalue weighted by molar-refractivity contribution is -0.122. The van der Waals surface area contributed by atoms with Crippen LogP contribution < -0.4 is 15.0 Å². The summed E-state index contributed by atoms with van der Waals surface area (Å²) in [6, 6.07) is 24.1. The number of nitrogens with one attached hydrogen (secondary N) is 1. The summed E-state index contributed by atoms with van der Waals surface area (Å²) in [5, 5.41) is 3.91. The topological polar surface area (TPSA) is 102 Å². The number of hydrogen-bond acceptors (Lipinski definition) is 6. The molecule has 0 aliphatic carbocycles. The van der Waals surface area contributed by atoms with Crippen LogP contribution in [0.2, 0.25) is 0 Å². The molecule has 8 nitrogen and oxygen atoms in total. The van der Waals surface area contributed by atoms with Crippen LogP contribution in [0.5, 0.6) is 5.75 Å². The van der Waals surface area contributed by atoms with Gasteiger partial charge in [0.25, 0.3) is 11.8 Å². The molecule has 0 bridgehead atoms. The van der Waals surface area contributed by atoms with Gasteiger partial charge in [-0.05, 0) is 66.6 Å². The number of esters is 1. The zero-order valence-corrected chi connectivity index (χ0v) is 22.0. The van der Waals surface area contributed by atoms with E-state index in [9.17, 15) is 19.2 Å². The number of imide groups is 2. The Kier molecular flexibility index (Phi) is 7.41. The highest BCUT2D eigenvalue weighted by molar-refractivity contribution is 6.39. The molecule has 0 atom stereocenters. The van der Waals surface area contributed by atoms with Crippen molar-refractivity contribution in [2.75, 3.05) is 11.5 Å². The third kappa shape index (κ3) is 5.33. The first-order valence-electron chi connectivity index (χ1n) is 12.7. The molecule has 4 aromatic carbocycles. The molecule has 0 spiro atoms. The number of rotatable bonds is 7. The molecule has 4 aromatic rings. The van der Waals surface area contributed by atoms with Gasteiger partial charge in [-0.3, -0.25) is 14.9 Å². The van der Waals surface area contributed by atoms with E-state index in [-0.39, 0.29) is 30.0 Å². The number of aryl methyl sites for hydroxylation is 1. The van der Waals surface area contributed by atoms with E-state index in [0.29, 0.717) is 11.3 Å². The van der Waals surface area contributed by atoms with Crippen LogP contribution in [-0.2, 0) is 20.9 Å². The maximum Gasteiger partial charge on any atom is 0.338 e. The Morgan fingerprint density at radius 2 is 1.70 bits per heavy atom. The highest BCUT2D eigenvalue weighted by Crippen LogP contribution is 2.32.